The van der Waals surface area contributed by atoms with Crippen LogP contribution in [0.2, 0.25) is 5.02 Å². The van der Waals surface area contributed by atoms with Gasteiger partial charge < -0.3 is 10.1 Å². The molecule has 4 rings (SSSR count). The zero-order valence-electron chi connectivity index (χ0n) is 18.2. The topological polar surface area (TPSA) is 101 Å². The molecule has 1 aromatic heterocycles. The molecule has 1 saturated heterocycles. The van der Waals surface area contributed by atoms with Crippen molar-refractivity contribution in [3.8, 4) is 16.3 Å². The lowest BCUT2D eigenvalue weighted by Crippen LogP contribution is -2.42. The van der Waals surface area contributed by atoms with Crippen molar-refractivity contribution < 1.29 is 22.3 Å². The number of sulfonamides is 1. The predicted molar refractivity (Wildman–Crippen MR) is 129 cm³/mol. The summed E-state index contributed by atoms with van der Waals surface area (Å²) in [5.41, 5.74) is 0.806. The summed E-state index contributed by atoms with van der Waals surface area (Å²) >= 11 is 7.23. The van der Waals surface area contributed by atoms with Crippen LogP contribution in [0.15, 0.2) is 42.5 Å². The van der Waals surface area contributed by atoms with Crippen LogP contribution < -0.4 is 10.1 Å². The highest BCUT2D eigenvalue weighted by Gasteiger charge is 2.32. The van der Waals surface area contributed by atoms with Gasteiger partial charge in [-0.3, -0.25) is 4.79 Å². The van der Waals surface area contributed by atoms with E-state index in [0.29, 0.717) is 23.0 Å². The number of hydrogen-bond acceptors (Lipinski definition) is 7. The number of anilines is 1. The molecule has 1 amide bonds. The van der Waals surface area contributed by atoms with E-state index in [9.17, 15) is 17.6 Å². The zero-order valence-corrected chi connectivity index (χ0v) is 20.6. The molecule has 0 unspecified atom stereocenters. The zero-order chi connectivity index (χ0) is 24.3. The molecule has 2 heterocycles. The van der Waals surface area contributed by atoms with Gasteiger partial charge in [0.05, 0.1) is 12.9 Å². The van der Waals surface area contributed by atoms with E-state index in [4.69, 9.17) is 16.3 Å². The first kappa shape index (κ1) is 24.5. The fourth-order valence-corrected chi connectivity index (χ4v) is 6.34. The predicted octanol–water partition coefficient (Wildman–Crippen LogP) is 4.19. The minimum Gasteiger partial charge on any atom is -0.497 e. The Hall–Kier alpha value is -2.60. The first-order valence-corrected chi connectivity index (χ1v) is 13.3. The molecule has 2 aromatic carbocycles. The number of nitrogens with zero attached hydrogens (tertiary/aromatic N) is 3. The second-order valence-corrected chi connectivity index (χ2v) is 11.1. The fourth-order valence-electron chi connectivity index (χ4n) is 3.67. The molecule has 34 heavy (non-hydrogen) atoms. The lowest BCUT2D eigenvalue weighted by atomic mass is 9.97. The molecule has 0 spiro atoms. The van der Waals surface area contributed by atoms with E-state index in [-0.39, 0.29) is 35.5 Å². The van der Waals surface area contributed by atoms with Gasteiger partial charge in [0.2, 0.25) is 21.1 Å². The average Bonchev–Trinajstić information content (AvgIpc) is 3.30. The van der Waals surface area contributed by atoms with E-state index in [1.54, 1.807) is 7.11 Å². The number of carbonyl (C=O) groups excluding carboxylic acids is 1. The number of methoxy groups -OCH3 is 1. The molecular formula is C22H22ClFN4O4S2. The number of hydrogen-bond donors (Lipinski definition) is 1. The van der Waals surface area contributed by atoms with Crippen molar-refractivity contribution in [1.29, 1.82) is 0 Å². The van der Waals surface area contributed by atoms with Gasteiger partial charge in [-0.05, 0) is 49.2 Å². The molecule has 0 radical (unpaired) electrons. The molecule has 1 N–H and O–H groups in total. The summed E-state index contributed by atoms with van der Waals surface area (Å²) in [6.45, 7) is 0.333. The maximum Gasteiger partial charge on any atom is 0.229 e. The van der Waals surface area contributed by atoms with Crippen molar-refractivity contribution in [3.63, 3.8) is 0 Å². The third-order valence-electron chi connectivity index (χ3n) is 5.60. The van der Waals surface area contributed by atoms with Crippen molar-refractivity contribution in [1.82, 2.24) is 14.5 Å². The molecule has 0 bridgehead atoms. The summed E-state index contributed by atoms with van der Waals surface area (Å²) in [5, 5.41) is 12.0. The number of benzene rings is 2. The number of rotatable bonds is 7. The smallest absolute Gasteiger partial charge is 0.229 e. The Bertz CT molecular complexity index is 1260. The highest BCUT2D eigenvalue weighted by molar-refractivity contribution is 7.88. The lowest BCUT2D eigenvalue weighted by molar-refractivity contribution is -0.120. The van der Waals surface area contributed by atoms with Crippen molar-refractivity contribution in [3.05, 3.63) is 58.9 Å². The van der Waals surface area contributed by atoms with Gasteiger partial charge in [0.15, 0.2) is 0 Å². The first-order valence-electron chi connectivity index (χ1n) is 10.5. The number of piperidine rings is 1. The molecule has 8 nitrogen and oxygen atoms in total. The Labute approximate surface area is 205 Å². The van der Waals surface area contributed by atoms with Gasteiger partial charge in [0, 0.05) is 35.2 Å². The molecule has 1 aliphatic rings. The summed E-state index contributed by atoms with van der Waals surface area (Å²) in [5.74, 6) is -1.04. The van der Waals surface area contributed by atoms with E-state index in [0.717, 1.165) is 11.3 Å². The van der Waals surface area contributed by atoms with Crippen LogP contribution in [0.3, 0.4) is 0 Å². The summed E-state index contributed by atoms with van der Waals surface area (Å²) < 4.78 is 46.0. The molecule has 0 aliphatic carbocycles. The maximum atomic E-state index is 14.0. The Kier molecular flexibility index (Phi) is 7.46. The Morgan fingerprint density at radius 1 is 1.21 bits per heavy atom. The van der Waals surface area contributed by atoms with E-state index >= 15 is 0 Å². The first-order chi connectivity index (χ1) is 16.3. The Morgan fingerprint density at radius 2 is 1.91 bits per heavy atom. The van der Waals surface area contributed by atoms with Crippen molar-refractivity contribution in [2.24, 2.45) is 5.92 Å². The molecular weight excluding hydrogens is 503 g/mol. The van der Waals surface area contributed by atoms with Gasteiger partial charge in [-0.25, -0.2) is 17.1 Å². The quantitative estimate of drug-likeness (QED) is 0.497. The second kappa shape index (κ2) is 10.3. The minimum atomic E-state index is -3.77. The van der Waals surface area contributed by atoms with E-state index < -0.39 is 21.6 Å². The van der Waals surface area contributed by atoms with Crippen molar-refractivity contribution in [2.45, 2.75) is 18.6 Å². The average molecular weight is 525 g/mol. The molecule has 3 aromatic rings. The largest absolute Gasteiger partial charge is 0.497 e. The van der Waals surface area contributed by atoms with Gasteiger partial charge in [-0.1, -0.05) is 29.0 Å². The van der Waals surface area contributed by atoms with Crippen LogP contribution in [0.1, 0.15) is 18.4 Å². The summed E-state index contributed by atoms with van der Waals surface area (Å²) in [4.78, 5) is 12.7. The SMILES string of the molecule is COc1ccc(-c2nnc(NC(=O)C3CCN(S(=O)(=O)Cc4c(F)cccc4Cl)CC3)s2)cc1. The maximum absolute atomic E-state index is 14.0. The normalized spacial score (nSPS) is 15.3. The van der Waals surface area contributed by atoms with Crippen LogP contribution in [0.25, 0.3) is 10.6 Å². The second-order valence-electron chi connectivity index (χ2n) is 7.76. The molecule has 12 heteroatoms. The number of halogens is 2. The molecule has 1 fully saturated rings. The Morgan fingerprint density at radius 3 is 2.56 bits per heavy atom. The number of ether oxygens (including phenoxy) is 1. The van der Waals surface area contributed by atoms with Gasteiger partial charge in [-0.2, -0.15) is 0 Å². The van der Waals surface area contributed by atoms with Crippen LogP contribution in [0.5, 0.6) is 5.75 Å². The monoisotopic (exact) mass is 524 g/mol. The highest BCUT2D eigenvalue weighted by atomic mass is 35.5. The summed E-state index contributed by atoms with van der Waals surface area (Å²) in [6.07, 6.45) is 0.695. The molecule has 1 aliphatic heterocycles. The van der Waals surface area contributed by atoms with Crippen molar-refractivity contribution in [2.75, 3.05) is 25.5 Å². The number of amides is 1. The fraction of sp³-hybridized carbons (Fsp3) is 0.318. The minimum absolute atomic E-state index is 0.0482. The number of carbonyl (C=O) groups is 1. The standard InChI is InChI=1S/C22H22ClFN4O4S2/c1-32-16-7-5-15(6-8-16)21-26-27-22(33-21)25-20(29)14-9-11-28(12-10-14)34(30,31)13-17-18(23)3-2-4-19(17)24/h2-8,14H,9-13H2,1H3,(H,25,27,29). The van der Waals surface area contributed by atoms with Crippen LogP contribution in [-0.4, -0.2) is 49.0 Å². The summed E-state index contributed by atoms with van der Waals surface area (Å²) in [7, 11) is -2.18. The highest BCUT2D eigenvalue weighted by Crippen LogP contribution is 2.30. The van der Waals surface area contributed by atoms with Gasteiger partial charge in [-0.15, -0.1) is 10.2 Å². The van der Waals surface area contributed by atoms with Gasteiger partial charge in [0.1, 0.15) is 16.6 Å². The Balaban J connectivity index is 1.33. The summed E-state index contributed by atoms with van der Waals surface area (Å²) in [6, 6.07) is 11.4. The van der Waals surface area contributed by atoms with Crippen LogP contribution in [0.4, 0.5) is 9.52 Å². The van der Waals surface area contributed by atoms with E-state index in [1.165, 1.54) is 33.8 Å². The van der Waals surface area contributed by atoms with Crippen LogP contribution in [0, 0.1) is 11.7 Å². The number of nitrogens with one attached hydrogen (secondary N) is 1. The third-order valence-corrected chi connectivity index (χ3v) is 8.65. The van der Waals surface area contributed by atoms with Crippen LogP contribution >= 0.6 is 22.9 Å². The van der Waals surface area contributed by atoms with Crippen LogP contribution in [-0.2, 0) is 20.6 Å². The van der Waals surface area contributed by atoms with E-state index in [2.05, 4.69) is 15.5 Å². The van der Waals surface area contributed by atoms with Gasteiger partial charge in [0.25, 0.3) is 0 Å². The third kappa shape index (κ3) is 5.54. The van der Waals surface area contributed by atoms with Gasteiger partial charge >= 0.3 is 0 Å². The molecule has 180 valence electrons. The van der Waals surface area contributed by atoms with E-state index in [1.807, 2.05) is 24.3 Å². The van der Waals surface area contributed by atoms with Crippen molar-refractivity contribution >= 4 is 44.0 Å². The molecule has 0 saturated carbocycles. The lowest BCUT2D eigenvalue weighted by Gasteiger charge is -2.30. The number of aromatic nitrogens is 2. The molecule has 0 atom stereocenters.